The van der Waals surface area contributed by atoms with Crippen LogP contribution in [-0.2, 0) is 0 Å². The molecule has 0 aromatic carbocycles. The van der Waals surface area contributed by atoms with Gasteiger partial charge in [0.05, 0.1) is 11.9 Å². The molecule has 1 saturated carbocycles. The Hall–Kier alpha value is -0.570. The molecule has 0 bridgehead atoms. The number of pyridine rings is 1. The molecule has 3 rings (SSSR count). The summed E-state index contributed by atoms with van der Waals surface area (Å²) in [7, 11) is 0. The van der Waals surface area contributed by atoms with Crippen molar-refractivity contribution in [3.8, 4) is 0 Å². The Morgan fingerprint density at radius 2 is 1.87 bits per heavy atom. The zero-order chi connectivity index (χ0) is 10.3. The maximum atomic E-state index is 4.22. The third-order valence-corrected chi connectivity index (χ3v) is 4.27. The number of nitrogens with zero attached hydrogens (tertiary/aromatic N) is 2. The van der Waals surface area contributed by atoms with Crippen LogP contribution in [0.1, 0.15) is 25.7 Å². The van der Waals surface area contributed by atoms with Crippen LogP contribution >= 0.6 is 15.9 Å². The van der Waals surface area contributed by atoms with Crippen molar-refractivity contribution in [2.24, 2.45) is 5.41 Å². The SMILES string of the molecule is Brc1cncc(N2CCC3(CC2)CC3)c1. The summed E-state index contributed by atoms with van der Waals surface area (Å²) in [5.41, 5.74) is 2.02. The summed E-state index contributed by atoms with van der Waals surface area (Å²) in [6, 6.07) is 2.16. The molecule has 15 heavy (non-hydrogen) atoms. The van der Waals surface area contributed by atoms with E-state index in [2.05, 4.69) is 31.9 Å². The predicted molar refractivity (Wildman–Crippen MR) is 65.1 cm³/mol. The zero-order valence-electron chi connectivity index (χ0n) is 8.75. The van der Waals surface area contributed by atoms with E-state index in [-0.39, 0.29) is 0 Å². The van der Waals surface area contributed by atoms with Gasteiger partial charge in [-0.25, -0.2) is 0 Å². The van der Waals surface area contributed by atoms with E-state index < -0.39 is 0 Å². The van der Waals surface area contributed by atoms with Crippen molar-refractivity contribution in [3.63, 3.8) is 0 Å². The Balaban J connectivity index is 1.73. The van der Waals surface area contributed by atoms with Gasteiger partial charge < -0.3 is 4.90 Å². The van der Waals surface area contributed by atoms with Crippen LogP contribution in [0.25, 0.3) is 0 Å². The van der Waals surface area contributed by atoms with E-state index in [0.717, 1.165) is 9.89 Å². The van der Waals surface area contributed by atoms with Gasteiger partial charge >= 0.3 is 0 Å². The average molecular weight is 267 g/mol. The Morgan fingerprint density at radius 1 is 1.13 bits per heavy atom. The molecule has 0 unspecified atom stereocenters. The monoisotopic (exact) mass is 266 g/mol. The molecule has 3 heteroatoms. The molecule has 1 aromatic rings. The standard InChI is InChI=1S/C12H15BrN2/c13-10-7-11(9-14-8-10)15-5-3-12(1-2-12)4-6-15/h7-9H,1-6H2. The number of halogens is 1. The van der Waals surface area contributed by atoms with Gasteiger partial charge in [0.15, 0.2) is 0 Å². The molecule has 1 spiro atoms. The van der Waals surface area contributed by atoms with Crippen LogP contribution in [-0.4, -0.2) is 18.1 Å². The second kappa shape index (κ2) is 3.48. The van der Waals surface area contributed by atoms with Crippen LogP contribution in [0.2, 0.25) is 0 Å². The van der Waals surface area contributed by atoms with E-state index >= 15 is 0 Å². The maximum Gasteiger partial charge on any atom is 0.0564 e. The third kappa shape index (κ3) is 1.89. The Bertz CT molecular complexity index is 364. The summed E-state index contributed by atoms with van der Waals surface area (Å²) in [6.45, 7) is 2.41. The first-order valence-electron chi connectivity index (χ1n) is 5.63. The van der Waals surface area contributed by atoms with Crippen molar-refractivity contribution in [1.29, 1.82) is 0 Å². The highest BCUT2D eigenvalue weighted by Gasteiger charge is 2.44. The van der Waals surface area contributed by atoms with Gasteiger partial charge in [0.25, 0.3) is 0 Å². The molecular weight excluding hydrogens is 252 g/mol. The molecule has 2 nitrogen and oxygen atoms in total. The van der Waals surface area contributed by atoms with Crippen molar-refractivity contribution in [2.45, 2.75) is 25.7 Å². The minimum atomic E-state index is 0.760. The normalized spacial score (nSPS) is 23.1. The molecule has 0 radical (unpaired) electrons. The minimum Gasteiger partial charge on any atom is -0.370 e. The summed E-state index contributed by atoms with van der Waals surface area (Å²) in [5, 5.41) is 0. The van der Waals surface area contributed by atoms with Crippen molar-refractivity contribution >= 4 is 21.6 Å². The fraction of sp³-hybridized carbons (Fsp3) is 0.583. The molecule has 80 valence electrons. The van der Waals surface area contributed by atoms with Gasteiger partial charge in [-0.3, -0.25) is 4.98 Å². The molecule has 2 heterocycles. The van der Waals surface area contributed by atoms with Crippen LogP contribution in [0.3, 0.4) is 0 Å². The molecule has 1 saturated heterocycles. The topological polar surface area (TPSA) is 16.1 Å². The van der Waals surface area contributed by atoms with Crippen molar-refractivity contribution in [2.75, 3.05) is 18.0 Å². The Morgan fingerprint density at radius 3 is 2.47 bits per heavy atom. The lowest BCUT2D eigenvalue weighted by molar-refractivity contribution is 0.384. The Labute approximate surface area is 98.8 Å². The smallest absolute Gasteiger partial charge is 0.0564 e. The third-order valence-electron chi connectivity index (χ3n) is 3.84. The highest BCUT2D eigenvalue weighted by Crippen LogP contribution is 2.53. The predicted octanol–water partition coefficient (Wildman–Crippen LogP) is 3.22. The van der Waals surface area contributed by atoms with Gasteiger partial charge in [-0.1, -0.05) is 0 Å². The second-order valence-electron chi connectivity index (χ2n) is 4.85. The molecule has 0 N–H and O–H groups in total. The molecule has 2 fully saturated rings. The molecule has 0 amide bonds. The van der Waals surface area contributed by atoms with Gasteiger partial charge in [-0.15, -0.1) is 0 Å². The first kappa shape index (κ1) is 9.64. The minimum absolute atomic E-state index is 0.760. The number of hydrogen-bond acceptors (Lipinski definition) is 2. The van der Waals surface area contributed by atoms with Gasteiger partial charge in [0.1, 0.15) is 0 Å². The number of anilines is 1. The lowest BCUT2D eigenvalue weighted by atomic mass is 9.93. The number of hydrogen-bond donors (Lipinski definition) is 0. The largest absolute Gasteiger partial charge is 0.370 e. The van der Waals surface area contributed by atoms with Crippen molar-refractivity contribution in [1.82, 2.24) is 4.98 Å². The van der Waals surface area contributed by atoms with E-state index in [1.807, 2.05) is 12.4 Å². The van der Waals surface area contributed by atoms with Gasteiger partial charge in [-0.05, 0) is 53.1 Å². The van der Waals surface area contributed by atoms with E-state index in [9.17, 15) is 0 Å². The summed E-state index contributed by atoms with van der Waals surface area (Å²) in [4.78, 5) is 6.68. The molecule has 2 aliphatic rings. The molecule has 1 aliphatic carbocycles. The average Bonchev–Trinajstić information content (AvgIpc) is 2.99. The van der Waals surface area contributed by atoms with Crippen molar-refractivity contribution in [3.05, 3.63) is 22.9 Å². The van der Waals surface area contributed by atoms with Crippen LogP contribution in [0.5, 0.6) is 0 Å². The van der Waals surface area contributed by atoms with E-state index in [1.165, 1.54) is 44.5 Å². The summed E-state index contributed by atoms with van der Waals surface area (Å²) in [6.07, 6.45) is 9.50. The summed E-state index contributed by atoms with van der Waals surface area (Å²) in [5.74, 6) is 0. The maximum absolute atomic E-state index is 4.22. The van der Waals surface area contributed by atoms with Crippen LogP contribution in [0, 0.1) is 5.41 Å². The fourth-order valence-electron chi connectivity index (χ4n) is 2.49. The molecule has 1 aliphatic heterocycles. The van der Waals surface area contributed by atoms with Crippen molar-refractivity contribution < 1.29 is 0 Å². The number of aromatic nitrogens is 1. The first-order valence-corrected chi connectivity index (χ1v) is 6.42. The zero-order valence-corrected chi connectivity index (χ0v) is 10.3. The number of rotatable bonds is 1. The fourth-order valence-corrected chi connectivity index (χ4v) is 2.84. The lowest BCUT2D eigenvalue weighted by Gasteiger charge is -2.33. The molecule has 1 aromatic heterocycles. The molecule has 0 atom stereocenters. The van der Waals surface area contributed by atoms with Crippen LogP contribution in [0.4, 0.5) is 5.69 Å². The first-order chi connectivity index (χ1) is 7.27. The quantitative estimate of drug-likeness (QED) is 0.776. The van der Waals surface area contributed by atoms with Crippen LogP contribution in [0.15, 0.2) is 22.9 Å². The van der Waals surface area contributed by atoms with Gasteiger partial charge in [0, 0.05) is 23.8 Å². The molecular formula is C12H15BrN2. The van der Waals surface area contributed by atoms with Gasteiger partial charge in [-0.2, -0.15) is 0 Å². The lowest BCUT2D eigenvalue weighted by Crippen LogP contribution is -2.34. The Kier molecular flexibility index (Phi) is 2.23. The van der Waals surface area contributed by atoms with E-state index in [4.69, 9.17) is 0 Å². The van der Waals surface area contributed by atoms with Crippen LogP contribution < -0.4 is 4.90 Å². The summed E-state index contributed by atoms with van der Waals surface area (Å²) < 4.78 is 1.08. The highest BCUT2D eigenvalue weighted by atomic mass is 79.9. The van der Waals surface area contributed by atoms with Gasteiger partial charge in [0.2, 0.25) is 0 Å². The second-order valence-corrected chi connectivity index (χ2v) is 5.76. The number of piperidine rings is 1. The summed E-state index contributed by atoms with van der Waals surface area (Å²) >= 11 is 3.47. The van der Waals surface area contributed by atoms with E-state index in [1.54, 1.807) is 0 Å². The highest BCUT2D eigenvalue weighted by molar-refractivity contribution is 9.10. The van der Waals surface area contributed by atoms with E-state index in [0.29, 0.717) is 0 Å².